The fraction of sp³-hybridized carbons (Fsp3) is 0.214. The number of fused-ring (bicyclic) bond motifs is 1. The molecule has 1 aromatic carbocycles. The number of amides is 1. The molecule has 2 heterocycles. The van der Waals surface area contributed by atoms with Gasteiger partial charge in [-0.3, -0.25) is 14.7 Å². The zero-order valence-corrected chi connectivity index (χ0v) is 11.8. The van der Waals surface area contributed by atoms with E-state index in [2.05, 4.69) is 4.99 Å². The van der Waals surface area contributed by atoms with Gasteiger partial charge in [-0.25, -0.2) is 4.79 Å². The molecular formula is C14H13N3O3S. The van der Waals surface area contributed by atoms with E-state index < -0.39 is 12.0 Å². The van der Waals surface area contributed by atoms with Crippen LogP contribution in [0.4, 0.5) is 5.69 Å². The highest BCUT2D eigenvalue weighted by Gasteiger charge is 2.51. The maximum atomic E-state index is 11.8. The van der Waals surface area contributed by atoms with E-state index in [1.54, 1.807) is 0 Å². The van der Waals surface area contributed by atoms with Gasteiger partial charge in [-0.05, 0) is 12.1 Å². The summed E-state index contributed by atoms with van der Waals surface area (Å²) in [5, 5.41) is 9.09. The molecule has 0 aliphatic carbocycles. The molecule has 1 aromatic rings. The number of para-hydroxylation sites is 1. The first-order chi connectivity index (χ1) is 10.1. The maximum absolute atomic E-state index is 11.8. The molecule has 21 heavy (non-hydrogen) atoms. The Morgan fingerprint density at radius 1 is 1.43 bits per heavy atom. The second-order valence-electron chi connectivity index (χ2n) is 4.71. The fourth-order valence-electron chi connectivity index (χ4n) is 2.31. The molecule has 6 nitrogen and oxygen atoms in total. The molecule has 2 aliphatic rings. The number of rotatable bonds is 3. The predicted octanol–water partition coefficient (Wildman–Crippen LogP) is 0.970. The van der Waals surface area contributed by atoms with E-state index in [0.29, 0.717) is 11.3 Å². The molecule has 108 valence electrons. The summed E-state index contributed by atoms with van der Waals surface area (Å²) in [5.41, 5.74) is 6.93. The van der Waals surface area contributed by atoms with Crippen molar-refractivity contribution >= 4 is 35.5 Å². The number of aliphatic carboxylic acids is 1. The number of thioether (sulfide) groups is 1. The Kier molecular flexibility index (Phi) is 3.52. The van der Waals surface area contributed by atoms with Crippen LogP contribution in [-0.4, -0.2) is 45.3 Å². The minimum atomic E-state index is -1.13. The van der Waals surface area contributed by atoms with Gasteiger partial charge in [-0.2, -0.15) is 0 Å². The molecule has 0 radical (unpaired) electrons. The van der Waals surface area contributed by atoms with E-state index in [4.69, 9.17) is 5.73 Å². The molecule has 2 atom stereocenters. The largest absolute Gasteiger partial charge is 0.477 e. The van der Waals surface area contributed by atoms with Crippen LogP contribution in [0.1, 0.15) is 0 Å². The fourth-order valence-corrected chi connectivity index (χ4v) is 3.55. The molecule has 0 saturated carbocycles. The van der Waals surface area contributed by atoms with Crippen molar-refractivity contribution in [2.75, 3.05) is 5.75 Å². The number of nitrogens with zero attached hydrogens (tertiary/aromatic N) is 2. The number of aliphatic imine (C=N–C) groups is 1. The van der Waals surface area contributed by atoms with Crippen molar-refractivity contribution in [2.24, 2.45) is 10.7 Å². The zero-order valence-electron chi connectivity index (χ0n) is 11.0. The lowest BCUT2D eigenvalue weighted by Crippen LogP contribution is -2.68. The van der Waals surface area contributed by atoms with Crippen LogP contribution in [0.25, 0.3) is 0 Å². The normalized spacial score (nSPS) is 25.0. The predicted molar refractivity (Wildman–Crippen MR) is 80.3 cm³/mol. The minimum absolute atomic E-state index is 0.00914. The highest BCUT2D eigenvalue weighted by atomic mass is 32.2. The second kappa shape index (κ2) is 5.34. The molecule has 1 fully saturated rings. The average Bonchev–Trinajstić information content (AvgIpc) is 2.52. The number of carbonyl (C=O) groups excluding carboxylic acids is 1. The number of carboxylic acid groups (broad SMARTS) is 1. The standard InChI is InChI=1S/C14H13N3O3S/c15-10-12(18)17-11(14(19)20)8(7-21-13(10)17)6-16-9-4-2-1-3-5-9/h1-6,10,13H,7,15H2,(H,19,20)/b16-6+/t10?,13-/m1/s1. The van der Waals surface area contributed by atoms with Crippen molar-refractivity contribution in [3.8, 4) is 0 Å². The second-order valence-corrected chi connectivity index (χ2v) is 5.81. The van der Waals surface area contributed by atoms with Gasteiger partial charge in [0, 0.05) is 17.5 Å². The third-order valence-corrected chi connectivity index (χ3v) is 4.69. The lowest BCUT2D eigenvalue weighted by molar-refractivity contribution is -0.147. The van der Waals surface area contributed by atoms with Crippen molar-refractivity contribution in [1.29, 1.82) is 0 Å². The van der Waals surface area contributed by atoms with E-state index in [0.717, 1.165) is 5.69 Å². The first kappa shape index (κ1) is 13.8. The third kappa shape index (κ3) is 2.34. The van der Waals surface area contributed by atoms with Gasteiger partial charge in [-0.1, -0.05) is 18.2 Å². The first-order valence-electron chi connectivity index (χ1n) is 6.35. The van der Waals surface area contributed by atoms with E-state index in [1.165, 1.54) is 22.9 Å². The summed E-state index contributed by atoms with van der Waals surface area (Å²) < 4.78 is 0. The van der Waals surface area contributed by atoms with Gasteiger partial charge in [0.25, 0.3) is 0 Å². The van der Waals surface area contributed by atoms with Crippen LogP contribution in [0.5, 0.6) is 0 Å². The molecule has 3 rings (SSSR count). The van der Waals surface area contributed by atoms with E-state index >= 15 is 0 Å². The van der Waals surface area contributed by atoms with Gasteiger partial charge in [0.1, 0.15) is 17.1 Å². The molecule has 1 saturated heterocycles. The van der Waals surface area contributed by atoms with Gasteiger partial charge in [-0.15, -0.1) is 11.8 Å². The summed E-state index contributed by atoms with van der Waals surface area (Å²) in [4.78, 5) is 28.7. The summed E-state index contributed by atoms with van der Waals surface area (Å²) in [5.74, 6) is -1.01. The Balaban J connectivity index is 1.93. The van der Waals surface area contributed by atoms with Gasteiger partial charge in [0.15, 0.2) is 0 Å². The van der Waals surface area contributed by atoms with Crippen LogP contribution < -0.4 is 5.73 Å². The Morgan fingerprint density at radius 3 is 2.81 bits per heavy atom. The molecule has 1 unspecified atom stereocenters. The number of benzene rings is 1. The van der Waals surface area contributed by atoms with Crippen molar-refractivity contribution in [1.82, 2.24) is 4.90 Å². The van der Waals surface area contributed by atoms with Crippen LogP contribution in [0.2, 0.25) is 0 Å². The van der Waals surface area contributed by atoms with Gasteiger partial charge in [0.2, 0.25) is 5.91 Å². The van der Waals surface area contributed by atoms with Crippen LogP contribution in [0.15, 0.2) is 46.6 Å². The highest BCUT2D eigenvalue weighted by Crippen LogP contribution is 2.39. The zero-order chi connectivity index (χ0) is 15.0. The number of β-lactam (4-membered cyclic amide) rings is 1. The van der Waals surface area contributed by atoms with Crippen LogP contribution in [0.3, 0.4) is 0 Å². The number of carbonyl (C=O) groups is 2. The van der Waals surface area contributed by atoms with E-state index in [-0.39, 0.29) is 17.0 Å². The SMILES string of the molecule is NC1C(=O)N2C(C(=O)O)=C(/C=N/c3ccccc3)CS[C@H]12. The summed E-state index contributed by atoms with van der Waals surface area (Å²) >= 11 is 1.46. The number of hydrogen-bond donors (Lipinski definition) is 2. The number of carboxylic acids is 1. The van der Waals surface area contributed by atoms with Crippen LogP contribution in [-0.2, 0) is 9.59 Å². The quantitative estimate of drug-likeness (QED) is 0.641. The topological polar surface area (TPSA) is 96.0 Å². The van der Waals surface area contributed by atoms with Crippen LogP contribution in [0, 0.1) is 0 Å². The van der Waals surface area contributed by atoms with Crippen LogP contribution >= 0.6 is 11.8 Å². The molecule has 2 aliphatic heterocycles. The molecule has 0 aromatic heterocycles. The maximum Gasteiger partial charge on any atom is 0.353 e. The summed E-state index contributed by atoms with van der Waals surface area (Å²) in [6.07, 6.45) is 1.51. The van der Waals surface area contributed by atoms with Crippen molar-refractivity contribution in [3.63, 3.8) is 0 Å². The van der Waals surface area contributed by atoms with Crippen molar-refractivity contribution in [3.05, 3.63) is 41.6 Å². The lowest BCUT2D eigenvalue weighted by Gasteiger charge is -2.47. The Labute approximate surface area is 125 Å². The van der Waals surface area contributed by atoms with Crippen molar-refractivity contribution < 1.29 is 14.7 Å². The first-order valence-corrected chi connectivity index (χ1v) is 7.40. The summed E-state index contributed by atoms with van der Waals surface area (Å²) in [7, 11) is 0. The van der Waals surface area contributed by atoms with Gasteiger partial charge < -0.3 is 10.8 Å². The minimum Gasteiger partial charge on any atom is -0.477 e. The molecule has 0 spiro atoms. The monoisotopic (exact) mass is 303 g/mol. The molecular weight excluding hydrogens is 290 g/mol. The number of nitrogens with two attached hydrogens (primary N) is 1. The average molecular weight is 303 g/mol. The van der Waals surface area contributed by atoms with E-state index in [1.807, 2.05) is 30.3 Å². The Bertz CT molecular complexity index is 657. The molecule has 7 heteroatoms. The lowest BCUT2D eigenvalue weighted by atomic mass is 10.0. The Hall–Kier alpha value is -2.12. The van der Waals surface area contributed by atoms with E-state index in [9.17, 15) is 14.7 Å². The molecule has 1 amide bonds. The molecule has 0 bridgehead atoms. The van der Waals surface area contributed by atoms with Gasteiger partial charge >= 0.3 is 5.97 Å². The highest BCUT2D eigenvalue weighted by molar-refractivity contribution is 8.00. The van der Waals surface area contributed by atoms with Crippen molar-refractivity contribution in [2.45, 2.75) is 11.4 Å². The number of hydrogen-bond acceptors (Lipinski definition) is 5. The van der Waals surface area contributed by atoms with Gasteiger partial charge in [0.05, 0.1) is 5.69 Å². The smallest absolute Gasteiger partial charge is 0.353 e. The Morgan fingerprint density at radius 2 is 2.14 bits per heavy atom. The molecule has 3 N–H and O–H groups in total. The summed E-state index contributed by atoms with van der Waals surface area (Å²) in [6.45, 7) is 0. The third-order valence-electron chi connectivity index (χ3n) is 3.37. The summed E-state index contributed by atoms with van der Waals surface area (Å²) in [6, 6.07) is 8.60.